The molecule has 0 aliphatic carbocycles. The maximum atomic E-state index is 11.6. The number of pyridine rings is 1. The zero-order valence-electron chi connectivity index (χ0n) is 18.3. The molecular weight excluding hydrogens is 394 g/mol. The lowest BCUT2D eigenvalue weighted by atomic mass is 9.96. The van der Waals surface area contributed by atoms with Crippen LogP contribution in [0.25, 0.3) is 11.3 Å². The fraction of sp³-hybridized carbons (Fsp3) is 0.538. The van der Waals surface area contributed by atoms with Crippen molar-refractivity contribution < 1.29 is 9.90 Å². The van der Waals surface area contributed by atoms with E-state index < -0.39 is 5.97 Å². The van der Waals surface area contributed by atoms with Gasteiger partial charge in [0.05, 0.1) is 11.3 Å². The number of alkyl halides is 1. The molecule has 0 aliphatic heterocycles. The molecule has 0 fully saturated rings. The van der Waals surface area contributed by atoms with Gasteiger partial charge < -0.3 is 5.11 Å². The number of hydrogen-bond acceptors (Lipinski definition) is 2. The van der Waals surface area contributed by atoms with E-state index in [2.05, 4.69) is 24.0 Å². The zero-order valence-corrected chi connectivity index (χ0v) is 19.1. The summed E-state index contributed by atoms with van der Waals surface area (Å²) in [7, 11) is 0. The maximum Gasteiger partial charge on any atom is 0.335 e. The quantitative estimate of drug-likeness (QED) is 0.233. The summed E-state index contributed by atoms with van der Waals surface area (Å²) in [5.74, 6) is -0.0954. The van der Waals surface area contributed by atoms with Gasteiger partial charge in [0.15, 0.2) is 0 Å². The van der Waals surface area contributed by atoms with Crippen molar-refractivity contribution >= 4 is 17.6 Å². The van der Waals surface area contributed by atoms with Crippen LogP contribution in [0.1, 0.15) is 92.6 Å². The molecule has 30 heavy (non-hydrogen) atoms. The topological polar surface area (TPSA) is 50.2 Å². The molecular formula is C26H36ClNO2. The van der Waals surface area contributed by atoms with Crippen molar-refractivity contribution in [2.45, 2.75) is 84.0 Å². The highest BCUT2D eigenvalue weighted by atomic mass is 35.5. The molecule has 0 saturated heterocycles. The third-order valence-electron chi connectivity index (χ3n) is 5.60. The van der Waals surface area contributed by atoms with Crippen molar-refractivity contribution in [2.75, 3.05) is 5.88 Å². The normalized spacial score (nSPS) is 11.0. The van der Waals surface area contributed by atoms with Crippen molar-refractivity contribution in [3.8, 4) is 11.3 Å². The monoisotopic (exact) mass is 429 g/mol. The summed E-state index contributed by atoms with van der Waals surface area (Å²) in [5.41, 5.74) is 4.50. The van der Waals surface area contributed by atoms with Crippen LogP contribution < -0.4 is 0 Å². The Labute approximate surface area is 186 Å². The molecule has 1 heterocycles. The van der Waals surface area contributed by atoms with E-state index in [-0.39, 0.29) is 0 Å². The number of nitrogens with zero attached hydrogens (tertiary/aromatic N) is 1. The Bertz CT molecular complexity index is 758. The number of hydrogen-bond donors (Lipinski definition) is 1. The number of rotatable bonds is 15. The van der Waals surface area contributed by atoms with Crippen LogP contribution in [-0.2, 0) is 12.8 Å². The van der Waals surface area contributed by atoms with Gasteiger partial charge in [0.2, 0.25) is 0 Å². The number of benzene rings is 1. The summed E-state index contributed by atoms with van der Waals surface area (Å²) in [5, 5.41) is 9.56. The van der Waals surface area contributed by atoms with Gasteiger partial charge in [-0.05, 0) is 61.4 Å². The third-order valence-corrected chi connectivity index (χ3v) is 5.87. The molecule has 0 bridgehead atoms. The van der Waals surface area contributed by atoms with E-state index in [0.717, 1.165) is 54.8 Å². The van der Waals surface area contributed by atoms with Crippen LogP contribution in [0.3, 0.4) is 0 Å². The first-order valence-corrected chi connectivity index (χ1v) is 12.1. The van der Waals surface area contributed by atoms with Gasteiger partial charge in [0.1, 0.15) is 0 Å². The highest BCUT2D eigenvalue weighted by Crippen LogP contribution is 2.23. The highest BCUT2D eigenvalue weighted by molar-refractivity contribution is 6.17. The Morgan fingerprint density at radius 3 is 2.23 bits per heavy atom. The minimum atomic E-state index is -0.850. The third kappa shape index (κ3) is 8.47. The van der Waals surface area contributed by atoms with Crippen molar-refractivity contribution in [1.29, 1.82) is 0 Å². The Balaban J connectivity index is 1.95. The summed E-state index contributed by atoms with van der Waals surface area (Å²) in [6, 6.07) is 9.83. The van der Waals surface area contributed by atoms with Crippen molar-refractivity contribution in [2.24, 2.45) is 0 Å². The predicted molar refractivity (Wildman–Crippen MR) is 127 cm³/mol. The lowest BCUT2D eigenvalue weighted by Crippen LogP contribution is -2.03. The van der Waals surface area contributed by atoms with E-state index in [9.17, 15) is 9.90 Å². The van der Waals surface area contributed by atoms with Gasteiger partial charge in [-0.3, -0.25) is 4.98 Å². The lowest BCUT2D eigenvalue weighted by molar-refractivity contribution is 0.0695. The molecule has 0 unspecified atom stereocenters. The summed E-state index contributed by atoms with van der Waals surface area (Å²) < 4.78 is 0. The van der Waals surface area contributed by atoms with Crippen molar-refractivity contribution in [1.82, 2.24) is 4.98 Å². The van der Waals surface area contributed by atoms with Gasteiger partial charge in [-0.1, -0.05) is 64.0 Å². The molecule has 1 aromatic carbocycles. The SMILES string of the molecule is CCCCCc1ccc(-c2ccc(C(=O)O)c(CCCCCCCCCCl)c2)nc1. The highest BCUT2D eigenvalue weighted by Gasteiger charge is 2.12. The number of aromatic nitrogens is 1. The fourth-order valence-corrected chi connectivity index (χ4v) is 3.97. The largest absolute Gasteiger partial charge is 0.478 e. The Morgan fingerprint density at radius 2 is 1.60 bits per heavy atom. The molecule has 0 atom stereocenters. The van der Waals surface area contributed by atoms with Gasteiger partial charge in [-0.2, -0.15) is 0 Å². The van der Waals surface area contributed by atoms with Crippen molar-refractivity contribution in [3.63, 3.8) is 0 Å². The van der Waals surface area contributed by atoms with E-state index in [1.54, 1.807) is 6.07 Å². The van der Waals surface area contributed by atoms with E-state index >= 15 is 0 Å². The van der Waals surface area contributed by atoms with Crippen LogP contribution in [0, 0.1) is 0 Å². The minimum Gasteiger partial charge on any atom is -0.478 e. The zero-order chi connectivity index (χ0) is 21.6. The summed E-state index contributed by atoms with van der Waals surface area (Å²) in [4.78, 5) is 16.3. The second kappa shape index (κ2) is 14.2. The lowest BCUT2D eigenvalue weighted by Gasteiger charge is -2.10. The molecule has 1 N–H and O–H groups in total. The number of carboxylic acids is 1. The molecule has 2 aromatic rings. The predicted octanol–water partition coefficient (Wildman–Crippen LogP) is 7.69. The van der Waals surface area contributed by atoms with Crippen LogP contribution in [0.5, 0.6) is 0 Å². The first-order valence-electron chi connectivity index (χ1n) is 11.5. The maximum absolute atomic E-state index is 11.6. The van der Waals surface area contributed by atoms with Crippen LogP contribution in [-0.4, -0.2) is 21.9 Å². The number of aromatic carboxylic acids is 1. The average Bonchev–Trinajstić information content (AvgIpc) is 2.76. The summed E-state index contributed by atoms with van der Waals surface area (Å²) >= 11 is 5.71. The molecule has 3 nitrogen and oxygen atoms in total. The van der Waals surface area contributed by atoms with Crippen LogP contribution in [0.15, 0.2) is 36.5 Å². The molecule has 0 amide bonds. The van der Waals surface area contributed by atoms with Crippen LogP contribution in [0.2, 0.25) is 0 Å². The number of carbonyl (C=O) groups is 1. The number of aryl methyl sites for hydroxylation is 2. The number of unbranched alkanes of at least 4 members (excludes halogenated alkanes) is 8. The minimum absolute atomic E-state index is 0.414. The van der Waals surface area contributed by atoms with Crippen molar-refractivity contribution in [3.05, 3.63) is 53.2 Å². The Morgan fingerprint density at radius 1 is 0.900 bits per heavy atom. The van der Waals surface area contributed by atoms with E-state index in [1.807, 2.05) is 18.3 Å². The fourth-order valence-electron chi connectivity index (χ4n) is 3.78. The molecule has 0 saturated carbocycles. The van der Waals surface area contributed by atoms with Crippen LogP contribution >= 0.6 is 11.6 Å². The summed E-state index contributed by atoms with van der Waals surface area (Å²) in [6.45, 7) is 2.21. The second-order valence-corrected chi connectivity index (χ2v) is 8.48. The van der Waals surface area contributed by atoms with Gasteiger partial charge >= 0.3 is 5.97 Å². The standard InChI is InChI=1S/C26H36ClNO2/c1-2-3-9-12-21-14-17-25(28-20-21)23-15-16-24(26(29)30)22(19-23)13-10-7-5-4-6-8-11-18-27/h14-17,19-20H,2-13,18H2,1H3,(H,29,30). The molecule has 0 spiro atoms. The van der Waals surface area contributed by atoms with E-state index in [0.29, 0.717) is 5.56 Å². The Kier molecular flexibility index (Phi) is 11.5. The molecule has 0 radical (unpaired) electrons. The first-order chi connectivity index (χ1) is 14.7. The van der Waals surface area contributed by atoms with Gasteiger partial charge in [0, 0.05) is 17.6 Å². The van der Waals surface area contributed by atoms with Gasteiger partial charge in [0.25, 0.3) is 0 Å². The van der Waals surface area contributed by atoms with Gasteiger partial charge in [-0.25, -0.2) is 4.79 Å². The number of carboxylic acid groups (broad SMARTS) is 1. The first kappa shape index (κ1) is 24.4. The number of halogens is 1. The molecule has 1 aromatic heterocycles. The molecule has 0 aliphatic rings. The molecule has 4 heteroatoms. The van der Waals surface area contributed by atoms with E-state index in [4.69, 9.17) is 11.6 Å². The van der Waals surface area contributed by atoms with E-state index in [1.165, 1.54) is 50.5 Å². The second-order valence-electron chi connectivity index (χ2n) is 8.10. The van der Waals surface area contributed by atoms with Crippen LogP contribution in [0.4, 0.5) is 0 Å². The average molecular weight is 430 g/mol. The van der Waals surface area contributed by atoms with Gasteiger partial charge in [-0.15, -0.1) is 11.6 Å². The smallest absolute Gasteiger partial charge is 0.335 e. The molecule has 164 valence electrons. The Hall–Kier alpha value is -1.87. The molecule has 2 rings (SSSR count). The summed E-state index contributed by atoms with van der Waals surface area (Å²) in [6.07, 6.45) is 15.6.